The van der Waals surface area contributed by atoms with Crippen molar-refractivity contribution < 1.29 is 14.3 Å². The third-order valence-electron chi connectivity index (χ3n) is 3.45. The fourth-order valence-electron chi connectivity index (χ4n) is 2.17. The summed E-state index contributed by atoms with van der Waals surface area (Å²) >= 11 is 0. The van der Waals surface area contributed by atoms with Crippen molar-refractivity contribution in [2.75, 3.05) is 19.0 Å². The van der Waals surface area contributed by atoms with Crippen LogP contribution in [-0.2, 0) is 4.79 Å². The molecule has 0 heterocycles. The van der Waals surface area contributed by atoms with Crippen LogP contribution in [0.3, 0.4) is 0 Å². The molecule has 0 radical (unpaired) electrons. The van der Waals surface area contributed by atoms with E-state index in [2.05, 4.69) is 5.32 Å². The number of carbonyl (C=O) groups is 1. The number of hydrogen-bond donors (Lipinski definition) is 2. The topological polar surface area (TPSA) is 73.6 Å². The molecule has 0 aliphatic heterocycles. The van der Waals surface area contributed by atoms with E-state index in [4.69, 9.17) is 15.2 Å². The van der Waals surface area contributed by atoms with Crippen molar-refractivity contribution in [2.45, 2.75) is 19.9 Å². The second-order valence-electron chi connectivity index (χ2n) is 5.18. The lowest BCUT2D eigenvalue weighted by atomic mass is 10.1. The first-order valence-electron chi connectivity index (χ1n) is 7.49. The van der Waals surface area contributed by atoms with Crippen molar-refractivity contribution in [1.29, 1.82) is 0 Å². The van der Waals surface area contributed by atoms with E-state index in [1.165, 1.54) is 0 Å². The monoisotopic (exact) mass is 314 g/mol. The molecule has 2 rings (SSSR count). The van der Waals surface area contributed by atoms with Gasteiger partial charge in [-0.2, -0.15) is 0 Å². The van der Waals surface area contributed by atoms with Gasteiger partial charge in [-0.1, -0.05) is 29.8 Å². The Balaban J connectivity index is 2.11. The summed E-state index contributed by atoms with van der Waals surface area (Å²) in [5.74, 6) is 0.921. The third kappa shape index (κ3) is 4.23. The normalized spacial score (nSPS) is 11.7. The predicted molar refractivity (Wildman–Crippen MR) is 90.9 cm³/mol. The van der Waals surface area contributed by atoms with Gasteiger partial charge in [0.05, 0.1) is 13.7 Å². The highest BCUT2D eigenvalue weighted by Crippen LogP contribution is 2.30. The number of ether oxygens (including phenoxy) is 2. The van der Waals surface area contributed by atoms with E-state index in [0.717, 1.165) is 11.1 Å². The number of anilines is 1. The lowest BCUT2D eigenvalue weighted by Crippen LogP contribution is -2.27. The van der Waals surface area contributed by atoms with Gasteiger partial charge in [-0.15, -0.1) is 0 Å². The van der Waals surface area contributed by atoms with Crippen molar-refractivity contribution in [1.82, 2.24) is 0 Å². The number of methoxy groups -OCH3 is 1. The highest BCUT2D eigenvalue weighted by Gasteiger charge is 2.16. The van der Waals surface area contributed by atoms with Gasteiger partial charge in [0.25, 0.3) is 0 Å². The number of nitrogens with two attached hydrogens (primary N) is 1. The maximum Gasteiger partial charge on any atom is 0.245 e. The zero-order valence-electron chi connectivity index (χ0n) is 13.6. The van der Waals surface area contributed by atoms with E-state index in [1.54, 1.807) is 25.3 Å². The van der Waals surface area contributed by atoms with Crippen LogP contribution < -0.4 is 20.5 Å². The fourth-order valence-corrected chi connectivity index (χ4v) is 2.17. The maximum atomic E-state index is 12.3. The minimum atomic E-state index is -0.729. The molecule has 0 bridgehead atoms. The van der Waals surface area contributed by atoms with Gasteiger partial charge in [-0.3, -0.25) is 4.79 Å². The number of rotatable bonds is 6. The first-order chi connectivity index (χ1) is 11.0. The zero-order chi connectivity index (χ0) is 16.8. The van der Waals surface area contributed by atoms with Crippen LogP contribution in [0.1, 0.15) is 24.1 Å². The van der Waals surface area contributed by atoms with Gasteiger partial charge in [0.1, 0.15) is 6.04 Å². The van der Waals surface area contributed by atoms with Crippen LogP contribution in [-0.4, -0.2) is 19.6 Å². The quantitative estimate of drug-likeness (QED) is 0.859. The van der Waals surface area contributed by atoms with Crippen molar-refractivity contribution in [3.63, 3.8) is 0 Å². The Morgan fingerprint density at radius 3 is 2.48 bits per heavy atom. The summed E-state index contributed by atoms with van der Waals surface area (Å²) in [6.45, 7) is 4.43. The number of amides is 1. The molecular weight excluding hydrogens is 292 g/mol. The minimum Gasteiger partial charge on any atom is -0.493 e. The molecule has 0 aromatic heterocycles. The van der Waals surface area contributed by atoms with E-state index in [0.29, 0.717) is 23.8 Å². The van der Waals surface area contributed by atoms with Crippen LogP contribution in [0.15, 0.2) is 42.5 Å². The fraction of sp³-hybridized carbons (Fsp3) is 0.278. The maximum absolute atomic E-state index is 12.3. The molecule has 1 unspecified atom stereocenters. The highest BCUT2D eigenvalue weighted by atomic mass is 16.5. The number of nitrogens with one attached hydrogen (secondary N) is 1. The van der Waals surface area contributed by atoms with Gasteiger partial charge in [0.2, 0.25) is 5.91 Å². The highest BCUT2D eigenvalue weighted by molar-refractivity contribution is 5.95. The summed E-state index contributed by atoms with van der Waals surface area (Å²) in [4.78, 5) is 12.3. The largest absolute Gasteiger partial charge is 0.493 e. The first kappa shape index (κ1) is 16.8. The molecule has 0 spiro atoms. The third-order valence-corrected chi connectivity index (χ3v) is 3.45. The van der Waals surface area contributed by atoms with Gasteiger partial charge in [-0.05, 0) is 31.5 Å². The summed E-state index contributed by atoms with van der Waals surface area (Å²) < 4.78 is 10.7. The number of aryl methyl sites for hydroxylation is 1. The van der Waals surface area contributed by atoms with Gasteiger partial charge in [0.15, 0.2) is 11.5 Å². The molecule has 0 aliphatic rings. The second kappa shape index (κ2) is 7.65. The number of carbonyl (C=O) groups excluding carboxylic acids is 1. The van der Waals surface area contributed by atoms with Crippen LogP contribution in [0.5, 0.6) is 11.5 Å². The Hall–Kier alpha value is -2.53. The molecule has 1 amide bonds. The Kier molecular flexibility index (Phi) is 5.60. The van der Waals surface area contributed by atoms with Gasteiger partial charge in [0, 0.05) is 11.8 Å². The molecular formula is C18H22N2O3. The molecule has 3 N–H and O–H groups in total. The van der Waals surface area contributed by atoms with Crippen molar-refractivity contribution >= 4 is 11.6 Å². The molecule has 0 saturated carbocycles. The van der Waals surface area contributed by atoms with E-state index in [9.17, 15) is 4.79 Å². The minimum absolute atomic E-state index is 0.278. The van der Waals surface area contributed by atoms with E-state index >= 15 is 0 Å². The van der Waals surface area contributed by atoms with Crippen LogP contribution in [0.4, 0.5) is 5.69 Å². The predicted octanol–water partition coefficient (Wildman–Crippen LogP) is 3.04. The summed E-state index contributed by atoms with van der Waals surface area (Å²) in [5, 5.41) is 2.80. The van der Waals surface area contributed by atoms with Gasteiger partial charge < -0.3 is 20.5 Å². The summed E-state index contributed by atoms with van der Waals surface area (Å²) in [6, 6.07) is 12.1. The van der Waals surface area contributed by atoms with E-state index in [1.807, 2.05) is 38.1 Å². The SMILES string of the molecule is CCOc1ccc(NC(=O)C(N)c2ccc(C)cc2)cc1OC. The number of hydrogen-bond acceptors (Lipinski definition) is 4. The lowest BCUT2D eigenvalue weighted by molar-refractivity contribution is -0.117. The Morgan fingerprint density at radius 1 is 1.17 bits per heavy atom. The van der Waals surface area contributed by atoms with Crippen LogP contribution in [0, 0.1) is 6.92 Å². The smallest absolute Gasteiger partial charge is 0.245 e. The Bertz CT molecular complexity index is 668. The summed E-state index contributed by atoms with van der Waals surface area (Å²) in [7, 11) is 1.56. The second-order valence-corrected chi connectivity index (χ2v) is 5.18. The molecule has 23 heavy (non-hydrogen) atoms. The average molecular weight is 314 g/mol. The van der Waals surface area contributed by atoms with E-state index < -0.39 is 6.04 Å². The lowest BCUT2D eigenvalue weighted by Gasteiger charge is -2.15. The zero-order valence-corrected chi connectivity index (χ0v) is 13.6. The molecule has 0 fully saturated rings. The average Bonchev–Trinajstić information content (AvgIpc) is 2.56. The van der Waals surface area contributed by atoms with Gasteiger partial charge >= 0.3 is 0 Å². The molecule has 1 atom stereocenters. The number of benzene rings is 2. The molecule has 5 heteroatoms. The van der Waals surface area contributed by atoms with Crippen LogP contribution in [0.2, 0.25) is 0 Å². The van der Waals surface area contributed by atoms with Crippen LogP contribution >= 0.6 is 0 Å². The van der Waals surface area contributed by atoms with Gasteiger partial charge in [-0.25, -0.2) is 0 Å². The standard InChI is InChI=1S/C18H22N2O3/c1-4-23-15-10-9-14(11-16(15)22-3)20-18(21)17(19)13-7-5-12(2)6-8-13/h5-11,17H,4,19H2,1-3H3,(H,20,21). The molecule has 0 aliphatic carbocycles. The molecule has 2 aromatic carbocycles. The van der Waals surface area contributed by atoms with Crippen molar-refractivity contribution in [2.24, 2.45) is 5.73 Å². The first-order valence-corrected chi connectivity index (χ1v) is 7.49. The molecule has 0 saturated heterocycles. The Morgan fingerprint density at radius 2 is 1.87 bits per heavy atom. The molecule has 2 aromatic rings. The summed E-state index contributed by atoms with van der Waals surface area (Å²) in [5.41, 5.74) is 8.52. The Labute approximate surface area is 136 Å². The van der Waals surface area contributed by atoms with E-state index in [-0.39, 0.29) is 5.91 Å². The van der Waals surface area contributed by atoms with Crippen molar-refractivity contribution in [3.05, 3.63) is 53.6 Å². The van der Waals surface area contributed by atoms with Crippen LogP contribution in [0.25, 0.3) is 0 Å². The summed E-state index contributed by atoms with van der Waals surface area (Å²) in [6.07, 6.45) is 0. The van der Waals surface area contributed by atoms with Crippen molar-refractivity contribution in [3.8, 4) is 11.5 Å². The molecule has 5 nitrogen and oxygen atoms in total. The molecule has 122 valence electrons.